The number of allylic oxidation sites excluding steroid dienone is 1. The van der Waals surface area contributed by atoms with Crippen LogP contribution in [0.3, 0.4) is 0 Å². The molecule has 37 heavy (non-hydrogen) atoms. The predicted molar refractivity (Wildman–Crippen MR) is 134 cm³/mol. The van der Waals surface area contributed by atoms with E-state index >= 15 is 0 Å². The number of oxime groups is 1. The van der Waals surface area contributed by atoms with Crippen LogP contribution in [0.15, 0.2) is 33.5 Å². The second kappa shape index (κ2) is 11.3. The van der Waals surface area contributed by atoms with E-state index in [-0.39, 0.29) is 34.8 Å². The maximum absolute atomic E-state index is 12.9. The molecular formula is C21H25N7O7S2. The molecule has 2 fully saturated rings. The Kier molecular flexibility index (Phi) is 8.11. The summed E-state index contributed by atoms with van der Waals surface area (Å²) in [5.41, 5.74) is 5.75. The number of likely N-dealkylation sites (tertiary alicyclic amines) is 1. The van der Waals surface area contributed by atoms with E-state index in [2.05, 4.69) is 20.8 Å². The van der Waals surface area contributed by atoms with Gasteiger partial charge in [-0.2, -0.15) is 0 Å². The molecule has 1 aromatic rings. The van der Waals surface area contributed by atoms with Crippen LogP contribution in [0, 0.1) is 0 Å². The van der Waals surface area contributed by atoms with Crippen LogP contribution >= 0.6 is 23.1 Å². The van der Waals surface area contributed by atoms with Crippen LogP contribution in [0.4, 0.5) is 5.13 Å². The maximum atomic E-state index is 12.9. The average Bonchev–Trinajstić information content (AvgIpc) is 3.45. The number of carboxylic acids is 1. The molecule has 2 saturated heterocycles. The third-order valence-corrected chi connectivity index (χ3v) is 7.95. The summed E-state index contributed by atoms with van der Waals surface area (Å²) in [4.78, 5) is 57.1. The number of fused-ring (bicyclic) bond motifs is 1. The van der Waals surface area contributed by atoms with Crippen molar-refractivity contribution in [2.24, 2.45) is 5.16 Å². The molecule has 0 aliphatic carbocycles. The molecule has 7 N–H and O–H groups in total. The lowest BCUT2D eigenvalue weighted by Crippen LogP contribution is -2.71. The number of carboxylic acid groups (broad SMARTS) is 1. The molecule has 3 aliphatic rings. The van der Waals surface area contributed by atoms with Crippen molar-refractivity contribution in [3.8, 4) is 0 Å². The van der Waals surface area contributed by atoms with Crippen molar-refractivity contribution in [1.82, 2.24) is 25.4 Å². The first-order valence-electron chi connectivity index (χ1n) is 11.2. The van der Waals surface area contributed by atoms with Crippen LogP contribution in [0.5, 0.6) is 0 Å². The van der Waals surface area contributed by atoms with Crippen LogP contribution in [0.25, 0.3) is 0 Å². The molecule has 4 heterocycles. The van der Waals surface area contributed by atoms with Crippen molar-refractivity contribution in [1.29, 1.82) is 0 Å². The second-order valence-electron chi connectivity index (χ2n) is 8.24. The lowest BCUT2D eigenvalue weighted by molar-refractivity contribution is -0.150. The van der Waals surface area contributed by atoms with E-state index in [4.69, 9.17) is 10.8 Å². The van der Waals surface area contributed by atoms with Crippen molar-refractivity contribution in [2.75, 3.05) is 44.3 Å². The molecule has 4 rings (SSSR count). The van der Waals surface area contributed by atoms with Gasteiger partial charge in [-0.15, -0.1) is 23.1 Å². The van der Waals surface area contributed by atoms with Gasteiger partial charge in [0.05, 0.1) is 6.61 Å². The number of thiazole rings is 1. The predicted octanol–water partition coefficient (Wildman–Crippen LogP) is -1.62. The van der Waals surface area contributed by atoms with Crippen LogP contribution in [-0.2, 0) is 19.2 Å². The van der Waals surface area contributed by atoms with Crippen LogP contribution in [0.2, 0.25) is 0 Å². The van der Waals surface area contributed by atoms with Crippen molar-refractivity contribution in [3.05, 3.63) is 34.0 Å². The summed E-state index contributed by atoms with van der Waals surface area (Å²) < 4.78 is 0. The minimum absolute atomic E-state index is 0.000741. The topological polar surface area (TPSA) is 211 Å². The van der Waals surface area contributed by atoms with Crippen LogP contribution in [0.1, 0.15) is 12.1 Å². The first kappa shape index (κ1) is 26.6. The van der Waals surface area contributed by atoms with Gasteiger partial charge < -0.3 is 36.7 Å². The fraction of sp³-hybridized carbons (Fsp3) is 0.429. The Balaban J connectivity index is 1.47. The van der Waals surface area contributed by atoms with Gasteiger partial charge in [-0.05, 0) is 18.1 Å². The molecule has 0 saturated carbocycles. The number of aliphatic hydroxyl groups excluding tert-OH is 1. The standard InChI is InChI=1S/C21H25N7O7S2/c22-21-24-12(9-37-21)13(26-35)16(30)25-14-18(32)28-15(20(33)34)11(8-36-19(14)28)7-10-1-4-27(17(10)31)5-2-23-3-6-29/h7,9,14,19,23,29,35H,1-6,8H2,(H2,22,24)(H,25,30)(H,33,34)/t14-,19-/m1/s1. The molecule has 16 heteroatoms. The van der Waals surface area contributed by atoms with Crippen molar-refractivity contribution in [3.63, 3.8) is 0 Å². The van der Waals surface area contributed by atoms with Crippen molar-refractivity contribution in [2.45, 2.75) is 17.8 Å². The number of nitrogens with one attached hydrogen (secondary N) is 2. The number of nitrogens with two attached hydrogens (primary N) is 1. The van der Waals surface area contributed by atoms with E-state index in [0.29, 0.717) is 43.7 Å². The lowest BCUT2D eigenvalue weighted by Gasteiger charge is -2.49. The summed E-state index contributed by atoms with van der Waals surface area (Å²) in [6, 6.07) is -1.04. The number of anilines is 1. The second-order valence-corrected chi connectivity index (χ2v) is 10.2. The normalized spacial score (nSPS) is 22.9. The Morgan fingerprint density at radius 1 is 1.32 bits per heavy atom. The number of carbonyl (C=O) groups excluding carboxylic acids is 3. The van der Waals surface area contributed by atoms with Gasteiger partial charge in [0.1, 0.15) is 22.8 Å². The first-order valence-corrected chi connectivity index (χ1v) is 13.2. The molecule has 198 valence electrons. The highest BCUT2D eigenvalue weighted by Gasteiger charge is 2.54. The van der Waals surface area contributed by atoms with Gasteiger partial charge >= 0.3 is 5.97 Å². The fourth-order valence-corrected chi connectivity index (χ4v) is 6.07. The number of hydrogen-bond donors (Lipinski definition) is 6. The number of nitrogens with zero attached hydrogens (tertiary/aromatic N) is 4. The zero-order valence-corrected chi connectivity index (χ0v) is 21.0. The molecule has 0 aromatic carbocycles. The largest absolute Gasteiger partial charge is 0.477 e. The molecule has 0 spiro atoms. The monoisotopic (exact) mass is 551 g/mol. The molecule has 3 amide bonds. The van der Waals surface area contributed by atoms with Gasteiger partial charge in [0, 0.05) is 42.9 Å². The number of nitrogen functional groups attached to an aromatic ring is 1. The van der Waals surface area contributed by atoms with E-state index in [1.54, 1.807) is 11.0 Å². The van der Waals surface area contributed by atoms with Gasteiger partial charge in [-0.3, -0.25) is 19.3 Å². The van der Waals surface area contributed by atoms with E-state index in [1.165, 1.54) is 17.1 Å². The summed E-state index contributed by atoms with van der Waals surface area (Å²) >= 11 is 2.29. The number of aliphatic carboxylic acids is 1. The number of aromatic nitrogens is 1. The minimum atomic E-state index is -1.32. The molecule has 2 atom stereocenters. The summed E-state index contributed by atoms with van der Waals surface area (Å²) in [7, 11) is 0. The zero-order chi connectivity index (χ0) is 26.7. The Morgan fingerprint density at radius 2 is 2.11 bits per heavy atom. The number of carbonyl (C=O) groups is 4. The molecule has 0 bridgehead atoms. The SMILES string of the molecule is Nc1nc(C(=NO)C(=O)N[C@@H]2C(=O)N3C(C(=O)O)=C(C=C4CCN(CCNCCO)C4=O)CS[C@H]23)cs1. The highest BCUT2D eigenvalue weighted by Crippen LogP contribution is 2.41. The molecule has 1 aromatic heterocycles. The maximum Gasteiger partial charge on any atom is 0.352 e. The number of thioether (sulfide) groups is 1. The van der Waals surface area contributed by atoms with Crippen molar-refractivity contribution < 1.29 is 34.6 Å². The smallest absolute Gasteiger partial charge is 0.352 e. The van der Waals surface area contributed by atoms with Crippen LogP contribution < -0.4 is 16.4 Å². The summed E-state index contributed by atoms with van der Waals surface area (Å²) in [5.74, 6) is -2.80. The van der Waals surface area contributed by atoms with E-state index < -0.39 is 34.9 Å². The third-order valence-electron chi connectivity index (χ3n) is 5.98. The highest BCUT2D eigenvalue weighted by molar-refractivity contribution is 8.00. The number of hydrogen-bond acceptors (Lipinski definition) is 12. The van der Waals surface area contributed by atoms with Gasteiger partial charge in [0.25, 0.3) is 11.8 Å². The van der Waals surface area contributed by atoms with Gasteiger partial charge in [0.2, 0.25) is 5.91 Å². The van der Waals surface area contributed by atoms with E-state index in [1.807, 2.05) is 0 Å². The molecule has 0 radical (unpaired) electrons. The summed E-state index contributed by atoms with van der Waals surface area (Å²) in [6.07, 6.45) is 1.98. The Bertz CT molecular complexity index is 1210. The number of β-lactam (4-membered cyclic amide) rings is 1. The van der Waals surface area contributed by atoms with Gasteiger partial charge in [-0.25, -0.2) is 9.78 Å². The minimum Gasteiger partial charge on any atom is -0.477 e. The summed E-state index contributed by atoms with van der Waals surface area (Å²) in [6.45, 7) is 1.90. The Hall–Kier alpha value is -3.47. The zero-order valence-electron chi connectivity index (χ0n) is 19.4. The van der Waals surface area contributed by atoms with Gasteiger partial charge in [0.15, 0.2) is 10.8 Å². The third kappa shape index (κ3) is 5.31. The van der Waals surface area contributed by atoms with Crippen LogP contribution in [-0.4, -0.2) is 110 Å². The fourth-order valence-electron chi connectivity index (χ4n) is 4.22. The van der Waals surface area contributed by atoms with E-state index in [9.17, 15) is 29.5 Å². The number of amides is 3. The Morgan fingerprint density at radius 3 is 2.76 bits per heavy atom. The van der Waals surface area contributed by atoms with E-state index in [0.717, 1.165) is 16.2 Å². The summed E-state index contributed by atoms with van der Waals surface area (Å²) in [5, 5.41) is 37.3. The number of rotatable bonds is 10. The van der Waals surface area contributed by atoms with Crippen molar-refractivity contribution >= 4 is 57.6 Å². The lowest BCUT2D eigenvalue weighted by atomic mass is 10.0. The highest BCUT2D eigenvalue weighted by atomic mass is 32.2. The average molecular weight is 552 g/mol. The van der Waals surface area contributed by atoms with Gasteiger partial charge in [-0.1, -0.05) is 5.16 Å². The molecular weight excluding hydrogens is 526 g/mol. The molecule has 3 aliphatic heterocycles. The molecule has 14 nitrogen and oxygen atoms in total. The Labute approximate surface area is 218 Å². The number of aliphatic hydroxyl groups is 1. The molecule has 0 unspecified atom stereocenters. The first-order chi connectivity index (χ1) is 17.8. The quantitative estimate of drug-likeness (QED) is 0.0486.